The number of aliphatic hydroxyl groups is 1. The Balaban J connectivity index is 2.09. The van der Waals surface area contributed by atoms with Gasteiger partial charge in [0.15, 0.2) is 0 Å². The molecule has 0 unspecified atom stereocenters. The Hall–Kier alpha value is -2.38. The van der Waals surface area contributed by atoms with Crippen LogP contribution in [0.15, 0.2) is 42.5 Å². The van der Waals surface area contributed by atoms with E-state index in [0.29, 0.717) is 11.3 Å². The van der Waals surface area contributed by atoms with Crippen molar-refractivity contribution >= 4 is 0 Å². The molecular formula is C16H14FNO2. The lowest BCUT2D eigenvalue weighted by Gasteiger charge is -2.10. The molecule has 3 nitrogen and oxygen atoms in total. The average Bonchev–Trinajstić information content (AvgIpc) is 2.46. The standard InChI is InChI=1S/C16H14FNO2/c1-11(19)13-3-2-4-15(8-13)20-10-12-5-6-16(17)14(7-12)9-18/h2-8,11,19H,10H2,1H3/t11-/m1/s1. The number of ether oxygens (including phenoxy) is 1. The van der Waals surface area contributed by atoms with Gasteiger partial charge in [-0.2, -0.15) is 5.26 Å². The minimum Gasteiger partial charge on any atom is -0.489 e. The van der Waals surface area contributed by atoms with E-state index >= 15 is 0 Å². The SMILES string of the molecule is C[C@@H](O)c1cccc(OCc2ccc(F)c(C#N)c2)c1. The molecule has 0 bridgehead atoms. The summed E-state index contributed by atoms with van der Waals surface area (Å²) < 4.78 is 18.8. The highest BCUT2D eigenvalue weighted by molar-refractivity contribution is 5.35. The molecular weight excluding hydrogens is 257 g/mol. The van der Waals surface area contributed by atoms with Crippen molar-refractivity contribution in [1.82, 2.24) is 0 Å². The van der Waals surface area contributed by atoms with Gasteiger partial charge in [0.05, 0.1) is 11.7 Å². The highest BCUT2D eigenvalue weighted by Crippen LogP contribution is 2.20. The topological polar surface area (TPSA) is 53.2 Å². The van der Waals surface area contributed by atoms with Crippen molar-refractivity contribution in [3.8, 4) is 11.8 Å². The lowest BCUT2D eigenvalue weighted by atomic mass is 10.1. The Morgan fingerprint density at radius 2 is 2.10 bits per heavy atom. The van der Waals surface area contributed by atoms with Crippen molar-refractivity contribution in [3.63, 3.8) is 0 Å². The summed E-state index contributed by atoms with van der Waals surface area (Å²) in [6.45, 7) is 1.91. The van der Waals surface area contributed by atoms with Crippen LogP contribution in [0, 0.1) is 17.1 Å². The zero-order chi connectivity index (χ0) is 14.5. The van der Waals surface area contributed by atoms with Crippen LogP contribution in [0.2, 0.25) is 0 Å². The van der Waals surface area contributed by atoms with Crippen LogP contribution in [0.5, 0.6) is 5.75 Å². The van der Waals surface area contributed by atoms with Gasteiger partial charge in [-0.1, -0.05) is 18.2 Å². The minimum atomic E-state index is -0.561. The Kier molecular flexibility index (Phi) is 4.34. The fraction of sp³-hybridized carbons (Fsp3) is 0.188. The van der Waals surface area contributed by atoms with Crippen LogP contribution in [0.3, 0.4) is 0 Å². The predicted molar refractivity (Wildman–Crippen MR) is 72.5 cm³/mol. The minimum absolute atomic E-state index is 0.00355. The molecule has 1 N–H and O–H groups in total. The molecule has 0 aliphatic heterocycles. The molecule has 2 aromatic carbocycles. The molecule has 0 aromatic heterocycles. The first kappa shape index (κ1) is 14.0. The van der Waals surface area contributed by atoms with Gasteiger partial charge in [0, 0.05) is 0 Å². The maximum Gasteiger partial charge on any atom is 0.140 e. The van der Waals surface area contributed by atoms with Crippen LogP contribution < -0.4 is 4.74 Å². The van der Waals surface area contributed by atoms with E-state index in [9.17, 15) is 9.50 Å². The van der Waals surface area contributed by atoms with E-state index in [4.69, 9.17) is 10.00 Å². The second kappa shape index (κ2) is 6.18. The number of aliphatic hydroxyl groups excluding tert-OH is 1. The molecule has 102 valence electrons. The molecule has 0 spiro atoms. The van der Waals surface area contributed by atoms with E-state index in [0.717, 1.165) is 5.56 Å². The van der Waals surface area contributed by atoms with Crippen LogP contribution in [0.4, 0.5) is 4.39 Å². The second-order valence-corrected chi connectivity index (χ2v) is 4.46. The zero-order valence-electron chi connectivity index (χ0n) is 11.0. The summed E-state index contributed by atoms with van der Waals surface area (Å²) in [4.78, 5) is 0. The van der Waals surface area contributed by atoms with Crippen LogP contribution in [0.25, 0.3) is 0 Å². The van der Waals surface area contributed by atoms with Gasteiger partial charge >= 0.3 is 0 Å². The van der Waals surface area contributed by atoms with Gasteiger partial charge in [0.2, 0.25) is 0 Å². The third kappa shape index (κ3) is 3.34. The Labute approximate surface area is 116 Å². The highest BCUT2D eigenvalue weighted by Gasteiger charge is 2.05. The third-order valence-corrected chi connectivity index (χ3v) is 2.90. The van der Waals surface area contributed by atoms with Gasteiger partial charge < -0.3 is 9.84 Å². The van der Waals surface area contributed by atoms with Gasteiger partial charge in [-0.15, -0.1) is 0 Å². The lowest BCUT2D eigenvalue weighted by molar-refractivity contribution is 0.198. The summed E-state index contributed by atoms with van der Waals surface area (Å²) in [6, 6.07) is 13.2. The molecule has 0 radical (unpaired) electrons. The van der Waals surface area contributed by atoms with Crippen molar-refractivity contribution in [2.24, 2.45) is 0 Å². The summed E-state index contributed by atoms with van der Waals surface area (Å²) >= 11 is 0. The molecule has 2 aromatic rings. The number of halogens is 1. The largest absolute Gasteiger partial charge is 0.489 e. The van der Waals surface area contributed by atoms with Crippen molar-refractivity contribution < 1.29 is 14.2 Å². The number of benzene rings is 2. The molecule has 0 fully saturated rings. The molecule has 0 heterocycles. The molecule has 1 atom stereocenters. The van der Waals surface area contributed by atoms with Crippen molar-refractivity contribution in [3.05, 3.63) is 65.0 Å². The third-order valence-electron chi connectivity index (χ3n) is 2.90. The Morgan fingerprint density at radius 1 is 1.30 bits per heavy atom. The molecule has 0 aliphatic rings. The normalized spacial score (nSPS) is 11.7. The van der Waals surface area contributed by atoms with Crippen LogP contribution in [-0.4, -0.2) is 5.11 Å². The van der Waals surface area contributed by atoms with Gasteiger partial charge in [-0.25, -0.2) is 4.39 Å². The molecule has 0 amide bonds. The first-order valence-electron chi connectivity index (χ1n) is 6.19. The van der Waals surface area contributed by atoms with Crippen molar-refractivity contribution in [1.29, 1.82) is 5.26 Å². The number of rotatable bonds is 4. The van der Waals surface area contributed by atoms with E-state index < -0.39 is 11.9 Å². The smallest absolute Gasteiger partial charge is 0.140 e. The lowest BCUT2D eigenvalue weighted by Crippen LogP contribution is -1.98. The first-order valence-corrected chi connectivity index (χ1v) is 6.19. The maximum atomic E-state index is 13.2. The average molecular weight is 271 g/mol. The molecule has 20 heavy (non-hydrogen) atoms. The van der Waals surface area contributed by atoms with Gasteiger partial charge in [0.25, 0.3) is 0 Å². The highest BCUT2D eigenvalue weighted by atomic mass is 19.1. The van der Waals surface area contributed by atoms with E-state index in [1.54, 1.807) is 37.3 Å². The number of hydrogen-bond acceptors (Lipinski definition) is 3. The van der Waals surface area contributed by atoms with E-state index in [1.807, 2.05) is 6.07 Å². The fourth-order valence-electron chi connectivity index (χ4n) is 1.78. The summed E-state index contributed by atoms with van der Waals surface area (Å²) in [7, 11) is 0. The summed E-state index contributed by atoms with van der Waals surface area (Å²) in [5, 5.41) is 18.3. The molecule has 2 rings (SSSR count). The van der Waals surface area contributed by atoms with Gasteiger partial charge in [0.1, 0.15) is 24.2 Å². The van der Waals surface area contributed by atoms with Crippen molar-refractivity contribution in [2.75, 3.05) is 0 Å². The molecule has 0 saturated carbocycles. The van der Waals surface area contributed by atoms with E-state index in [-0.39, 0.29) is 12.2 Å². The quantitative estimate of drug-likeness (QED) is 0.928. The zero-order valence-corrected chi connectivity index (χ0v) is 11.0. The van der Waals surface area contributed by atoms with Gasteiger partial charge in [-0.05, 0) is 42.3 Å². The number of nitriles is 1. The maximum absolute atomic E-state index is 13.2. The number of nitrogens with zero attached hydrogens (tertiary/aromatic N) is 1. The second-order valence-electron chi connectivity index (χ2n) is 4.46. The van der Waals surface area contributed by atoms with E-state index in [2.05, 4.69) is 0 Å². The fourth-order valence-corrected chi connectivity index (χ4v) is 1.78. The Bertz CT molecular complexity index is 647. The van der Waals surface area contributed by atoms with Crippen LogP contribution in [-0.2, 0) is 6.61 Å². The molecule has 0 aliphatic carbocycles. The van der Waals surface area contributed by atoms with E-state index in [1.165, 1.54) is 12.1 Å². The van der Waals surface area contributed by atoms with Crippen LogP contribution >= 0.6 is 0 Å². The number of hydrogen-bond donors (Lipinski definition) is 1. The Morgan fingerprint density at radius 3 is 2.80 bits per heavy atom. The first-order chi connectivity index (χ1) is 9.60. The monoisotopic (exact) mass is 271 g/mol. The predicted octanol–water partition coefficient (Wildman–Crippen LogP) is 3.33. The molecule has 0 saturated heterocycles. The summed E-state index contributed by atoms with van der Waals surface area (Å²) in [5.74, 6) is 0.0820. The van der Waals surface area contributed by atoms with Gasteiger partial charge in [-0.3, -0.25) is 0 Å². The summed E-state index contributed by atoms with van der Waals surface area (Å²) in [5.41, 5.74) is 1.48. The molecule has 4 heteroatoms. The summed E-state index contributed by atoms with van der Waals surface area (Å²) in [6.07, 6.45) is -0.561. The van der Waals surface area contributed by atoms with Crippen molar-refractivity contribution in [2.45, 2.75) is 19.6 Å². The van der Waals surface area contributed by atoms with Crippen LogP contribution in [0.1, 0.15) is 29.7 Å².